The van der Waals surface area contributed by atoms with Gasteiger partial charge in [-0.25, -0.2) is 4.79 Å². The molecule has 0 saturated heterocycles. The summed E-state index contributed by atoms with van der Waals surface area (Å²) in [5.74, 6) is 0.152. The molecule has 6 heteroatoms. The smallest absolute Gasteiger partial charge is 0.408 e. The second kappa shape index (κ2) is 5.87. The highest BCUT2D eigenvalue weighted by Crippen LogP contribution is 2.36. The van der Waals surface area contributed by atoms with Crippen molar-refractivity contribution in [2.45, 2.75) is 44.8 Å². The van der Waals surface area contributed by atoms with E-state index in [1.54, 1.807) is 24.3 Å². The van der Waals surface area contributed by atoms with Crippen LogP contribution in [0.2, 0.25) is 0 Å². The molecule has 120 valence electrons. The molecular weight excluding hydrogens is 284 g/mol. The van der Waals surface area contributed by atoms with Gasteiger partial charge >= 0.3 is 6.09 Å². The summed E-state index contributed by atoms with van der Waals surface area (Å²) >= 11 is 0. The second-order valence-corrected chi connectivity index (χ2v) is 6.58. The average Bonchev–Trinajstić information content (AvgIpc) is 3.14. The summed E-state index contributed by atoms with van der Waals surface area (Å²) in [4.78, 5) is 22.8. The predicted molar refractivity (Wildman–Crippen MR) is 81.8 cm³/mol. The van der Waals surface area contributed by atoms with Gasteiger partial charge in [0.1, 0.15) is 18.0 Å². The van der Waals surface area contributed by atoms with Crippen LogP contribution in [0.1, 0.15) is 44.0 Å². The van der Waals surface area contributed by atoms with E-state index in [0.29, 0.717) is 17.9 Å². The minimum atomic E-state index is -0.522. The van der Waals surface area contributed by atoms with Crippen molar-refractivity contribution in [2.75, 3.05) is 6.61 Å². The van der Waals surface area contributed by atoms with Crippen LogP contribution in [0.15, 0.2) is 24.3 Å². The molecule has 3 N–H and O–H groups in total. The lowest BCUT2D eigenvalue weighted by molar-refractivity contribution is 0.0477. The van der Waals surface area contributed by atoms with Gasteiger partial charge in [-0.1, -0.05) is 0 Å². The zero-order chi connectivity index (χ0) is 16.4. The second-order valence-electron chi connectivity index (χ2n) is 6.58. The van der Waals surface area contributed by atoms with Gasteiger partial charge in [-0.05, 0) is 57.9 Å². The molecule has 0 heterocycles. The van der Waals surface area contributed by atoms with Crippen LogP contribution in [0.5, 0.6) is 5.75 Å². The van der Waals surface area contributed by atoms with Crippen molar-refractivity contribution in [1.29, 1.82) is 0 Å². The number of nitrogens with two attached hydrogens (primary N) is 1. The summed E-state index contributed by atoms with van der Waals surface area (Å²) in [6, 6.07) is 6.59. The summed E-state index contributed by atoms with van der Waals surface area (Å²) in [6.45, 7) is 5.83. The fourth-order valence-electron chi connectivity index (χ4n) is 1.91. The quantitative estimate of drug-likeness (QED) is 0.872. The Morgan fingerprint density at radius 1 is 1.23 bits per heavy atom. The summed E-state index contributed by atoms with van der Waals surface area (Å²) in [6.07, 6.45) is 1.27. The van der Waals surface area contributed by atoms with E-state index < -0.39 is 17.6 Å². The van der Waals surface area contributed by atoms with E-state index in [2.05, 4.69) is 5.32 Å². The summed E-state index contributed by atoms with van der Waals surface area (Å²) in [5.41, 5.74) is 4.73. The van der Waals surface area contributed by atoms with Crippen LogP contribution in [0, 0.1) is 0 Å². The van der Waals surface area contributed by atoms with Crippen molar-refractivity contribution in [3.63, 3.8) is 0 Å². The zero-order valence-electron chi connectivity index (χ0n) is 13.1. The molecular formula is C16H22N2O4. The van der Waals surface area contributed by atoms with Crippen LogP contribution in [0.3, 0.4) is 0 Å². The van der Waals surface area contributed by atoms with Crippen molar-refractivity contribution >= 4 is 12.0 Å². The number of carbonyl (C=O) groups excluding carboxylic acids is 2. The van der Waals surface area contributed by atoms with Crippen molar-refractivity contribution < 1.29 is 19.1 Å². The maximum atomic E-state index is 11.8. The number of benzene rings is 1. The number of primary amides is 1. The van der Waals surface area contributed by atoms with Crippen molar-refractivity contribution in [2.24, 2.45) is 5.73 Å². The van der Waals surface area contributed by atoms with Crippen LogP contribution in [0.4, 0.5) is 4.79 Å². The Hall–Kier alpha value is -2.24. The first kappa shape index (κ1) is 16.1. The number of hydrogen-bond donors (Lipinski definition) is 2. The molecule has 22 heavy (non-hydrogen) atoms. The molecule has 1 aromatic rings. The number of alkyl carbamates (subject to hydrolysis) is 1. The number of amides is 2. The molecule has 0 aliphatic heterocycles. The molecule has 1 aliphatic rings. The SMILES string of the molecule is CC(C)(C)OC(=O)NC1(COc2ccc(C(N)=O)cc2)CC1. The van der Waals surface area contributed by atoms with Gasteiger partial charge in [0.05, 0.1) is 5.54 Å². The molecule has 6 nitrogen and oxygen atoms in total. The van der Waals surface area contributed by atoms with Gasteiger partial charge in [-0.15, -0.1) is 0 Å². The molecule has 2 rings (SSSR count). The van der Waals surface area contributed by atoms with E-state index in [-0.39, 0.29) is 5.54 Å². The predicted octanol–water partition coefficient (Wildman–Crippen LogP) is 2.22. The molecule has 0 bridgehead atoms. The standard InChI is InChI=1S/C16H22N2O4/c1-15(2,3)22-14(20)18-16(8-9-16)10-21-12-6-4-11(5-7-12)13(17)19/h4-7H,8-10H2,1-3H3,(H2,17,19)(H,18,20). The van der Waals surface area contributed by atoms with E-state index in [0.717, 1.165) is 12.8 Å². The van der Waals surface area contributed by atoms with Crippen molar-refractivity contribution in [1.82, 2.24) is 5.32 Å². The van der Waals surface area contributed by atoms with Crippen molar-refractivity contribution in [3.05, 3.63) is 29.8 Å². The minimum Gasteiger partial charge on any atom is -0.491 e. The Balaban J connectivity index is 1.85. The third-order valence-electron chi connectivity index (χ3n) is 3.27. The summed E-state index contributed by atoms with van der Waals surface area (Å²) in [7, 11) is 0. The molecule has 2 amide bonds. The van der Waals surface area contributed by atoms with Crippen LogP contribution >= 0.6 is 0 Å². The highest BCUT2D eigenvalue weighted by atomic mass is 16.6. The van der Waals surface area contributed by atoms with Crippen molar-refractivity contribution in [3.8, 4) is 5.75 Å². The van der Waals surface area contributed by atoms with E-state index in [9.17, 15) is 9.59 Å². The highest BCUT2D eigenvalue weighted by Gasteiger charge is 2.46. The molecule has 1 saturated carbocycles. The van der Waals surface area contributed by atoms with Gasteiger partial charge < -0.3 is 20.5 Å². The molecule has 0 radical (unpaired) electrons. The van der Waals surface area contributed by atoms with Gasteiger partial charge in [-0.2, -0.15) is 0 Å². The van der Waals surface area contributed by atoms with E-state index >= 15 is 0 Å². The number of rotatable bonds is 5. The van der Waals surface area contributed by atoms with Gasteiger partial charge in [-0.3, -0.25) is 4.79 Å². The lowest BCUT2D eigenvalue weighted by Crippen LogP contribution is -2.44. The average molecular weight is 306 g/mol. The molecule has 1 aromatic carbocycles. The topological polar surface area (TPSA) is 90.7 Å². The van der Waals surface area contributed by atoms with Crippen LogP contribution in [0.25, 0.3) is 0 Å². The van der Waals surface area contributed by atoms with E-state index in [4.69, 9.17) is 15.2 Å². The van der Waals surface area contributed by atoms with E-state index in [1.165, 1.54) is 0 Å². The molecule has 0 spiro atoms. The molecule has 0 atom stereocenters. The first-order valence-corrected chi connectivity index (χ1v) is 7.23. The Morgan fingerprint density at radius 3 is 2.27 bits per heavy atom. The lowest BCUT2D eigenvalue weighted by Gasteiger charge is -2.23. The summed E-state index contributed by atoms with van der Waals surface area (Å²) in [5, 5.41) is 2.86. The number of carbonyl (C=O) groups is 2. The maximum Gasteiger partial charge on any atom is 0.408 e. The van der Waals surface area contributed by atoms with Crippen LogP contribution < -0.4 is 15.8 Å². The lowest BCUT2D eigenvalue weighted by atomic mass is 10.2. The minimum absolute atomic E-state index is 0.356. The van der Waals surface area contributed by atoms with E-state index in [1.807, 2.05) is 20.8 Å². The highest BCUT2D eigenvalue weighted by molar-refractivity contribution is 5.92. The first-order chi connectivity index (χ1) is 10.2. The third kappa shape index (κ3) is 4.65. The third-order valence-corrected chi connectivity index (χ3v) is 3.27. The fraction of sp³-hybridized carbons (Fsp3) is 0.500. The Morgan fingerprint density at radius 2 is 1.82 bits per heavy atom. The molecule has 0 unspecified atom stereocenters. The largest absolute Gasteiger partial charge is 0.491 e. The van der Waals surface area contributed by atoms with Gasteiger partial charge in [0.25, 0.3) is 0 Å². The Kier molecular flexibility index (Phi) is 4.30. The maximum absolute atomic E-state index is 11.8. The van der Waals surface area contributed by atoms with Crippen LogP contribution in [-0.2, 0) is 4.74 Å². The number of ether oxygens (including phenoxy) is 2. The van der Waals surface area contributed by atoms with Gasteiger partial charge in [0, 0.05) is 5.56 Å². The number of hydrogen-bond acceptors (Lipinski definition) is 4. The van der Waals surface area contributed by atoms with Gasteiger partial charge in [0.2, 0.25) is 5.91 Å². The summed E-state index contributed by atoms with van der Waals surface area (Å²) < 4.78 is 10.9. The first-order valence-electron chi connectivity index (χ1n) is 7.23. The Labute approximate surface area is 130 Å². The normalized spacial score (nSPS) is 15.8. The number of nitrogens with one attached hydrogen (secondary N) is 1. The van der Waals surface area contributed by atoms with Gasteiger partial charge in [0.15, 0.2) is 0 Å². The Bertz CT molecular complexity index is 557. The molecule has 1 fully saturated rings. The zero-order valence-corrected chi connectivity index (χ0v) is 13.1. The molecule has 0 aromatic heterocycles. The molecule has 1 aliphatic carbocycles. The monoisotopic (exact) mass is 306 g/mol. The fourth-order valence-corrected chi connectivity index (χ4v) is 1.91. The van der Waals surface area contributed by atoms with Crippen LogP contribution in [-0.4, -0.2) is 29.7 Å².